The summed E-state index contributed by atoms with van der Waals surface area (Å²) in [5, 5.41) is 7.91. The number of hydrogen-bond donors (Lipinski definition) is 1. The van der Waals surface area contributed by atoms with E-state index in [1.165, 1.54) is 0 Å². The molecule has 0 radical (unpaired) electrons. The molecule has 0 fully saturated rings. The molecule has 72 valence electrons. The minimum Gasteiger partial charge on any atom is -0.481 e. The number of carbonyl (C=O) groups is 2. The van der Waals surface area contributed by atoms with Gasteiger partial charge in [-0.3, -0.25) is 4.79 Å². The van der Waals surface area contributed by atoms with Crippen LogP contribution >= 0.6 is 0 Å². The maximum absolute atomic E-state index is 10.0. The van der Waals surface area contributed by atoms with E-state index in [4.69, 9.17) is 5.11 Å². The number of aliphatic carboxylic acids is 1. The van der Waals surface area contributed by atoms with Crippen molar-refractivity contribution in [3.63, 3.8) is 0 Å². The Bertz CT molecular complexity index is 114. The Labute approximate surface area is 73.8 Å². The smallest absolute Gasteiger partial charge is 0.303 e. The van der Waals surface area contributed by atoms with E-state index < -0.39 is 5.97 Å². The van der Waals surface area contributed by atoms with Gasteiger partial charge in [0.25, 0.3) is 0 Å². The molecule has 0 unspecified atom stereocenters. The molecule has 0 saturated heterocycles. The zero-order chi connectivity index (χ0) is 9.98. The van der Waals surface area contributed by atoms with Gasteiger partial charge in [-0.25, -0.2) is 0 Å². The number of carboxylic acids is 1. The first kappa shape index (κ1) is 13.7. The molecule has 0 amide bonds. The van der Waals surface area contributed by atoms with Crippen LogP contribution in [0, 0.1) is 0 Å². The molecule has 0 bridgehead atoms. The maximum atomic E-state index is 10.0. The fraction of sp³-hybridized carbons (Fsp3) is 0.778. The molecule has 0 aromatic rings. The van der Waals surface area contributed by atoms with Crippen LogP contribution in [0.4, 0.5) is 0 Å². The highest BCUT2D eigenvalue weighted by molar-refractivity contribution is 5.75. The van der Waals surface area contributed by atoms with Crippen molar-refractivity contribution in [3.8, 4) is 0 Å². The molecule has 1 N–H and O–H groups in total. The molecule has 0 aliphatic carbocycles. The van der Waals surface area contributed by atoms with Crippen LogP contribution in [0.15, 0.2) is 0 Å². The van der Waals surface area contributed by atoms with Crippen molar-refractivity contribution in [2.45, 2.75) is 46.5 Å². The number of rotatable bonds is 4. The molecule has 0 saturated carbocycles. The Balaban J connectivity index is 0. The van der Waals surface area contributed by atoms with Crippen LogP contribution in [0.2, 0.25) is 0 Å². The van der Waals surface area contributed by atoms with E-state index in [0.29, 0.717) is 6.42 Å². The van der Waals surface area contributed by atoms with Crippen LogP contribution in [0.25, 0.3) is 0 Å². The molecule has 0 aliphatic rings. The molecule has 0 heterocycles. The van der Waals surface area contributed by atoms with Gasteiger partial charge in [0.1, 0.15) is 5.78 Å². The quantitative estimate of drug-likeness (QED) is 0.711. The summed E-state index contributed by atoms with van der Waals surface area (Å²) in [6.07, 6.45) is 2.74. The van der Waals surface area contributed by atoms with Crippen molar-refractivity contribution in [1.29, 1.82) is 0 Å². The van der Waals surface area contributed by atoms with E-state index in [1.54, 1.807) is 6.92 Å². The summed E-state index contributed by atoms with van der Waals surface area (Å²) in [4.78, 5) is 19.6. The second-order valence-electron chi connectivity index (χ2n) is 2.60. The van der Waals surface area contributed by atoms with Gasteiger partial charge in [-0.2, -0.15) is 0 Å². The van der Waals surface area contributed by atoms with Crippen LogP contribution in [-0.4, -0.2) is 16.9 Å². The maximum Gasteiger partial charge on any atom is 0.303 e. The molecule has 0 atom stereocenters. The second-order valence-corrected chi connectivity index (χ2v) is 2.60. The van der Waals surface area contributed by atoms with Crippen LogP contribution in [0.5, 0.6) is 0 Å². The largest absolute Gasteiger partial charge is 0.481 e. The third-order valence-corrected chi connectivity index (χ3v) is 1.07. The molecule has 0 aromatic heterocycles. The molecule has 0 aromatic carbocycles. The number of Topliss-reactive ketones (excluding diaryl/α,β-unsaturated/α-hetero) is 1. The zero-order valence-corrected chi connectivity index (χ0v) is 8.09. The monoisotopic (exact) mass is 174 g/mol. The van der Waals surface area contributed by atoms with Gasteiger partial charge in [0, 0.05) is 12.8 Å². The third kappa shape index (κ3) is 22.9. The van der Waals surface area contributed by atoms with Gasteiger partial charge in [0.05, 0.1) is 0 Å². The zero-order valence-electron chi connectivity index (χ0n) is 8.09. The van der Waals surface area contributed by atoms with Gasteiger partial charge >= 0.3 is 5.97 Å². The molecule has 0 spiro atoms. The first-order valence-corrected chi connectivity index (χ1v) is 4.25. The van der Waals surface area contributed by atoms with Crippen molar-refractivity contribution in [2.24, 2.45) is 0 Å². The number of ketones is 1. The first-order valence-electron chi connectivity index (χ1n) is 4.25. The number of hydrogen-bond acceptors (Lipinski definition) is 2. The first-order chi connectivity index (χ1) is 5.54. The molecular formula is C9H18O3. The molecule has 0 aliphatic heterocycles. The Morgan fingerprint density at radius 1 is 1.08 bits per heavy atom. The molecule has 0 rings (SSSR count). The lowest BCUT2D eigenvalue weighted by molar-refractivity contribution is -0.137. The average Bonchev–Trinajstić information content (AvgIpc) is 1.87. The summed E-state index contributed by atoms with van der Waals surface area (Å²) < 4.78 is 0. The lowest BCUT2D eigenvalue weighted by Crippen LogP contribution is -1.90. The summed E-state index contributed by atoms with van der Waals surface area (Å²) in [6.45, 7) is 5.46. The second kappa shape index (κ2) is 10.1. The number of carboxylic acid groups (broad SMARTS) is 1. The molecular weight excluding hydrogens is 156 g/mol. The van der Waals surface area contributed by atoms with Gasteiger partial charge in [-0.1, -0.05) is 13.8 Å². The summed E-state index contributed by atoms with van der Waals surface area (Å²) in [5.41, 5.74) is 0. The fourth-order valence-electron chi connectivity index (χ4n) is 0.566. The van der Waals surface area contributed by atoms with Gasteiger partial charge in [-0.05, 0) is 19.8 Å². The van der Waals surface area contributed by atoms with E-state index in [-0.39, 0.29) is 5.78 Å². The predicted molar refractivity (Wildman–Crippen MR) is 48.1 cm³/mol. The van der Waals surface area contributed by atoms with Gasteiger partial charge < -0.3 is 9.90 Å². The van der Waals surface area contributed by atoms with Crippen LogP contribution in [0.1, 0.15) is 46.5 Å². The van der Waals surface area contributed by atoms with E-state index in [9.17, 15) is 9.59 Å². The van der Waals surface area contributed by atoms with E-state index in [2.05, 4.69) is 0 Å². The topological polar surface area (TPSA) is 54.4 Å². The van der Waals surface area contributed by atoms with Crippen LogP contribution in [0.3, 0.4) is 0 Å². The van der Waals surface area contributed by atoms with Gasteiger partial charge in [-0.15, -0.1) is 0 Å². The third-order valence-electron chi connectivity index (χ3n) is 1.07. The SMILES string of the molecule is CCCC(=O)O.CCCC(C)=O. The minimum absolute atomic E-state index is 0.289. The number of carbonyl (C=O) groups excluding carboxylic acids is 1. The fourth-order valence-corrected chi connectivity index (χ4v) is 0.566. The van der Waals surface area contributed by atoms with Crippen LogP contribution in [-0.2, 0) is 9.59 Å². The summed E-state index contributed by atoms with van der Waals surface area (Å²) in [7, 11) is 0. The molecule has 12 heavy (non-hydrogen) atoms. The summed E-state index contributed by atoms with van der Waals surface area (Å²) in [6, 6.07) is 0. The highest BCUT2D eigenvalue weighted by Gasteiger charge is 1.87. The average molecular weight is 174 g/mol. The normalized spacial score (nSPS) is 8.25. The Hall–Kier alpha value is -0.860. The molecule has 3 nitrogen and oxygen atoms in total. The van der Waals surface area contributed by atoms with E-state index in [1.807, 2.05) is 13.8 Å². The van der Waals surface area contributed by atoms with Crippen molar-refractivity contribution in [3.05, 3.63) is 0 Å². The summed E-state index contributed by atoms with van der Waals surface area (Å²) >= 11 is 0. The van der Waals surface area contributed by atoms with Crippen molar-refractivity contribution < 1.29 is 14.7 Å². The Kier molecular flexibility index (Phi) is 11.6. The highest BCUT2D eigenvalue weighted by atomic mass is 16.4. The summed E-state index contributed by atoms with van der Waals surface area (Å²) in [5.74, 6) is -0.421. The van der Waals surface area contributed by atoms with Crippen LogP contribution < -0.4 is 0 Å². The van der Waals surface area contributed by atoms with E-state index >= 15 is 0 Å². The minimum atomic E-state index is -0.711. The highest BCUT2D eigenvalue weighted by Crippen LogP contribution is 1.84. The standard InChI is InChI=1S/C5H10O.C4H8O2/c1-3-4-5(2)6;1-2-3-4(5)6/h3-4H2,1-2H3;2-3H2,1H3,(H,5,6). The lowest BCUT2D eigenvalue weighted by atomic mass is 10.3. The van der Waals surface area contributed by atoms with Gasteiger partial charge in [0.2, 0.25) is 0 Å². The van der Waals surface area contributed by atoms with Crippen molar-refractivity contribution in [2.75, 3.05) is 0 Å². The van der Waals surface area contributed by atoms with E-state index in [0.717, 1.165) is 19.3 Å². The van der Waals surface area contributed by atoms with Crippen molar-refractivity contribution in [1.82, 2.24) is 0 Å². The Morgan fingerprint density at radius 3 is 1.50 bits per heavy atom. The lowest BCUT2D eigenvalue weighted by Gasteiger charge is -1.80. The van der Waals surface area contributed by atoms with Crippen molar-refractivity contribution >= 4 is 11.8 Å². The molecule has 3 heteroatoms. The predicted octanol–water partition coefficient (Wildman–Crippen LogP) is 2.25. The van der Waals surface area contributed by atoms with Gasteiger partial charge in [0.15, 0.2) is 0 Å². The Morgan fingerprint density at radius 2 is 1.50 bits per heavy atom.